The summed E-state index contributed by atoms with van der Waals surface area (Å²) in [6.45, 7) is 0.522. The maximum atomic E-state index is 13.2. The van der Waals surface area contributed by atoms with E-state index in [0.717, 1.165) is 30.5 Å². The number of amides is 1. The molecular weight excluding hydrogens is 423 g/mol. The first-order valence-electron chi connectivity index (χ1n) is 10.8. The number of halogens is 3. The van der Waals surface area contributed by atoms with Gasteiger partial charge in [-0.15, -0.1) is 0 Å². The third-order valence-electron chi connectivity index (χ3n) is 6.76. The van der Waals surface area contributed by atoms with Crippen LogP contribution in [-0.2, 0) is 16.5 Å². The van der Waals surface area contributed by atoms with E-state index >= 15 is 0 Å². The van der Waals surface area contributed by atoms with E-state index in [4.69, 9.17) is 9.47 Å². The van der Waals surface area contributed by atoms with Crippen LogP contribution in [0.1, 0.15) is 47.2 Å². The lowest BCUT2D eigenvalue weighted by Crippen LogP contribution is -2.49. The molecule has 3 heterocycles. The second-order valence-corrected chi connectivity index (χ2v) is 8.93. The molecule has 0 spiro atoms. The van der Waals surface area contributed by atoms with Gasteiger partial charge in [-0.1, -0.05) is 12.1 Å². The number of nitrogens with zero attached hydrogens (tertiary/aromatic N) is 1. The van der Waals surface area contributed by atoms with Crippen LogP contribution in [0.2, 0.25) is 0 Å². The van der Waals surface area contributed by atoms with E-state index in [9.17, 15) is 23.1 Å². The number of carbonyl (C=O) groups excluding carboxylic acids is 1. The molecule has 32 heavy (non-hydrogen) atoms. The van der Waals surface area contributed by atoms with Crippen molar-refractivity contribution in [3.63, 3.8) is 0 Å². The fourth-order valence-corrected chi connectivity index (χ4v) is 5.00. The van der Waals surface area contributed by atoms with Crippen molar-refractivity contribution in [2.24, 2.45) is 0 Å². The van der Waals surface area contributed by atoms with Gasteiger partial charge in [0.25, 0.3) is 5.91 Å². The predicted molar refractivity (Wildman–Crippen MR) is 109 cm³/mol. The molecule has 8 heteroatoms. The summed E-state index contributed by atoms with van der Waals surface area (Å²) < 4.78 is 49.3. The predicted octanol–water partition coefficient (Wildman–Crippen LogP) is 4.14. The van der Waals surface area contributed by atoms with E-state index in [0.29, 0.717) is 24.2 Å². The second-order valence-electron chi connectivity index (χ2n) is 8.93. The number of hydrogen-bond acceptors (Lipinski definition) is 4. The molecule has 0 aliphatic carbocycles. The molecule has 2 bridgehead atoms. The third kappa shape index (κ3) is 3.86. The van der Waals surface area contributed by atoms with Crippen molar-refractivity contribution in [2.45, 2.75) is 55.6 Å². The van der Waals surface area contributed by atoms with Crippen LogP contribution in [0.4, 0.5) is 13.2 Å². The minimum Gasteiger partial charge on any atom is -0.490 e. The summed E-state index contributed by atoms with van der Waals surface area (Å²) >= 11 is 0. The highest BCUT2D eigenvalue weighted by atomic mass is 19.4. The fourth-order valence-electron chi connectivity index (χ4n) is 5.00. The lowest BCUT2D eigenvalue weighted by molar-refractivity contribution is -0.184. The normalized spacial score (nSPS) is 26.5. The zero-order valence-corrected chi connectivity index (χ0v) is 17.3. The van der Waals surface area contributed by atoms with Gasteiger partial charge in [0, 0.05) is 30.5 Å². The van der Waals surface area contributed by atoms with Crippen LogP contribution in [0.15, 0.2) is 48.5 Å². The van der Waals surface area contributed by atoms with Crippen molar-refractivity contribution in [1.29, 1.82) is 0 Å². The van der Waals surface area contributed by atoms with Gasteiger partial charge in [-0.05, 0) is 54.8 Å². The Kier molecular flexibility index (Phi) is 5.17. The van der Waals surface area contributed by atoms with Crippen molar-refractivity contribution in [1.82, 2.24) is 4.90 Å². The zero-order valence-electron chi connectivity index (χ0n) is 17.3. The van der Waals surface area contributed by atoms with Gasteiger partial charge in [0.2, 0.25) is 0 Å². The molecule has 5 rings (SSSR count). The first-order chi connectivity index (χ1) is 15.2. The van der Waals surface area contributed by atoms with Crippen LogP contribution in [0, 0.1) is 0 Å². The van der Waals surface area contributed by atoms with Crippen molar-refractivity contribution < 1.29 is 32.5 Å². The van der Waals surface area contributed by atoms with Gasteiger partial charge in [-0.25, -0.2) is 0 Å². The van der Waals surface area contributed by atoms with Gasteiger partial charge < -0.3 is 19.5 Å². The van der Waals surface area contributed by atoms with Crippen LogP contribution in [-0.4, -0.2) is 47.3 Å². The lowest BCUT2D eigenvalue weighted by atomic mass is 9.91. The average molecular weight is 447 g/mol. The van der Waals surface area contributed by atoms with E-state index in [-0.39, 0.29) is 37.3 Å². The quantitative estimate of drug-likeness (QED) is 0.766. The summed E-state index contributed by atoms with van der Waals surface area (Å²) in [6, 6.07) is 11.9. The number of piperidine rings is 1. The first kappa shape index (κ1) is 21.3. The summed E-state index contributed by atoms with van der Waals surface area (Å²) in [6.07, 6.45) is -1.43. The van der Waals surface area contributed by atoms with Crippen LogP contribution in [0.3, 0.4) is 0 Å². The molecule has 3 saturated heterocycles. The molecule has 2 atom stereocenters. The number of aliphatic hydroxyl groups is 1. The summed E-state index contributed by atoms with van der Waals surface area (Å²) in [7, 11) is 0. The maximum Gasteiger partial charge on any atom is 0.416 e. The molecule has 3 fully saturated rings. The maximum absolute atomic E-state index is 13.2. The van der Waals surface area contributed by atoms with Gasteiger partial charge in [-0.2, -0.15) is 13.2 Å². The Hall–Kier alpha value is -2.58. The van der Waals surface area contributed by atoms with Gasteiger partial charge in [0.05, 0.1) is 18.8 Å². The Bertz CT molecular complexity index is 972. The van der Waals surface area contributed by atoms with Gasteiger partial charge in [-0.3, -0.25) is 4.79 Å². The Morgan fingerprint density at radius 2 is 1.59 bits per heavy atom. The third-order valence-corrected chi connectivity index (χ3v) is 6.76. The van der Waals surface area contributed by atoms with E-state index in [1.54, 1.807) is 24.3 Å². The minimum absolute atomic E-state index is 0.0334. The topological polar surface area (TPSA) is 59.0 Å². The van der Waals surface area contributed by atoms with Crippen LogP contribution >= 0.6 is 0 Å². The molecule has 0 radical (unpaired) electrons. The summed E-state index contributed by atoms with van der Waals surface area (Å²) in [5.41, 5.74) is -0.342. The molecule has 3 aliphatic rings. The summed E-state index contributed by atoms with van der Waals surface area (Å²) in [5, 5.41) is 10.4. The Morgan fingerprint density at radius 1 is 1.00 bits per heavy atom. The highest BCUT2D eigenvalue weighted by molar-refractivity contribution is 5.95. The molecular formula is C24H24F3NO4. The number of benzene rings is 2. The molecule has 2 aromatic carbocycles. The van der Waals surface area contributed by atoms with Crippen molar-refractivity contribution >= 4 is 5.91 Å². The standard InChI is InChI=1S/C24H24F3NO4/c25-24(26,27)17-5-9-20(10-6-17)32-21-11-18-7-8-19(12-21)28(18)22(29)15-1-3-16(4-2-15)23(30)13-31-14-23/h1-6,9-10,18-19,21,30H,7-8,11-14H2. The second kappa shape index (κ2) is 7.78. The Labute approximate surface area is 183 Å². The largest absolute Gasteiger partial charge is 0.490 e. The molecule has 5 nitrogen and oxygen atoms in total. The van der Waals surface area contributed by atoms with Crippen molar-refractivity contribution in [3.05, 3.63) is 65.2 Å². The van der Waals surface area contributed by atoms with Crippen LogP contribution < -0.4 is 4.74 Å². The van der Waals surface area contributed by atoms with Crippen molar-refractivity contribution in [2.75, 3.05) is 13.2 Å². The SMILES string of the molecule is O=C(c1ccc(C2(O)COC2)cc1)N1C2CCC1CC(Oc1ccc(C(F)(F)F)cc1)C2. The molecule has 2 aromatic rings. The van der Waals surface area contributed by atoms with Gasteiger partial charge in [0.1, 0.15) is 17.5 Å². The number of carbonyl (C=O) groups is 1. The number of hydrogen-bond donors (Lipinski definition) is 1. The van der Waals surface area contributed by atoms with Crippen LogP contribution in [0.5, 0.6) is 5.75 Å². The first-order valence-corrected chi connectivity index (χ1v) is 10.8. The van der Waals surface area contributed by atoms with Gasteiger partial charge in [0.15, 0.2) is 0 Å². The number of ether oxygens (including phenoxy) is 2. The fraction of sp³-hybridized carbons (Fsp3) is 0.458. The smallest absolute Gasteiger partial charge is 0.416 e. The number of fused-ring (bicyclic) bond motifs is 2. The van der Waals surface area contributed by atoms with Crippen LogP contribution in [0.25, 0.3) is 0 Å². The monoisotopic (exact) mass is 447 g/mol. The lowest BCUT2D eigenvalue weighted by Gasteiger charge is -2.39. The highest BCUT2D eigenvalue weighted by Gasteiger charge is 2.44. The molecule has 3 aliphatic heterocycles. The van der Waals surface area contributed by atoms with E-state index in [1.165, 1.54) is 12.1 Å². The summed E-state index contributed by atoms with van der Waals surface area (Å²) in [5.74, 6) is 0.379. The Balaban J connectivity index is 1.23. The number of alkyl halides is 3. The highest BCUT2D eigenvalue weighted by Crippen LogP contribution is 2.39. The molecule has 1 amide bonds. The molecule has 0 aromatic heterocycles. The van der Waals surface area contributed by atoms with E-state index < -0.39 is 17.3 Å². The average Bonchev–Trinajstić information content (AvgIpc) is 3.01. The van der Waals surface area contributed by atoms with E-state index in [2.05, 4.69) is 0 Å². The van der Waals surface area contributed by atoms with E-state index in [1.807, 2.05) is 4.90 Å². The summed E-state index contributed by atoms with van der Waals surface area (Å²) in [4.78, 5) is 15.1. The molecule has 2 unspecified atom stereocenters. The molecule has 0 saturated carbocycles. The Morgan fingerprint density at radius 3 is 2.09 bits per heavy atom. The molecule has 1 N–H and O–H groups in total. The zero-order chi connectivity index (χ0) is 22.5. The van der Waals surface area contributed by atoms with Gasteiger partial charge >= 0.3 is 6.18 Å². The van der Waals surface area contributed by atoms with Crippen molar-refractivity contribution in [3.8, 4) is 5.75 Å². The molecule has 170 valence electrons. The number of rotatable bonds is 4. The minimum atomic E-state index is -4.37.